The molecule has 0 aliphatic heterocycles. The summed E-state index contributed by atoms with van der Waals surface area (Å²) >= 11 is 0. The first kappa shape index (κ1) is 13.4. The van der Waals surface area contributed by atoms with E-state index in [2.05, 4.69) is 0 Å². The largest absolute Gasteiger partial charge is 0.494 e. The van der Waals surface area contributed by atoms with Crippen molar-refractivity contribution in [2.75, 3.05) is 21.2 Å². The molecule has 0 aliphatic carbocycles. The predicted molar refractivity (Wildman–Crippen MR) is 61.6 cm³/mol. The Bertz CT molecular complexity index is 434. The molecule has 0 aliphatic rings. The van der Waals surface area contributed by atoms with Crippen LogP contribution in [0.15, 0.2) is 18.2 Å². The monoisotopic (exact) mass is 241 g/mol. The van der Waals surface area contributed by atoms with E-state index < -0.39 is 17.3 Å². The van der Waals surface area contributed by atoms with E-state index in [0.717, 1.165) is 0 Å². The molecule has 94 valence electrons. The maximum atomic E-state index is 13.6. The van der Waals surface area contributed by atoms with E-state index in [1.54, 1.807) is 20.2 Å². The smallest absolute Gasteiger partial charge is 0.328 e. The second-order valence-electron chi connectivity index (χ2n) is 4.12. The second-order valence-corrected chi connectivity index (χ2v) is 4.12. The van der Waals surface area contributed by atoms with Crippen LogP contribution in [0.3, 0.4) is 0 Å². The van der Waals surface area contributed by atoms with E-state index in [-0.39, 0.29) is 5.75 Å². The van der Waals surface area contributed by atoms with Gasteiger partial charge >= 0.3 is 5.97 Å². The Kier molecular flexibility index (Phi) is 3.72. The third kappa shape index (κ3) is 2.24. The van der Waals surface area contributed by atoms with Crippen LogP contribution in [-0.4, -0.2) is 37.2 Å². The standard InChI is InChI=1S/C12H16FNO3/c1-12(11(15)16,14(2)3)8-5-6-10(17-4)9(13)7-8/h5-7H,1-4H3,(H,15,16). The molecule has 1 aromatic carbocycles. The van der Waals surface area contributed by atoms with E-state index >= 15 is 0 Å². The number of likely N-dealkylation sites (N-methyl/N-ethyl adjacent to an activating group) is 1. The first-order valence-electron chi connectivity index (χ1n) is 5.09. The zero-order chi connectivity index (χ0) is 13.2. The van der Waals surface area contributed by atoms with Crippen molar-refractivity contribution in [2.24, 2.45) is 0 Å². The average Bonchev–Trinajstić information content (AvgIpc) is 2.27. The van der Waals surface area contributed by atoms with Crippen molar-refractivity contribution in [3.8, 4) is 5.75 Å². The summed E-state index contributed by atoms with van der Waals surface area (Å²) in [7, 11) is 4.63. The normalized spacial score (nSPS) is 14.5. The second kappa shape index (κ2) is 4.71. The molecular formula is C12H16FNO3. The first-order valence-corrected chi connectivity index (χ1v) is 5.09. The van der Waals surface area contributed by atoms with Crippen LogP contribution < -0.4 is 4.74 Å². The first-order chi connectivity index (χ1) is 7.83. The molecule has 1 rings (SSSR count). The molecule has 4 nitrogen and oxygen atoms in total. The van der Waals surface area contributed by atoms with Gasteiger partial charge in [-0.2, -0.15) is 0 Å². The number of hydrogen-bond acceptors (Lipinski definition) is 3. The number of carboxylic acid groups (broad SMARTS) is 1. The van der Waals surface area contributed by atoms with Gasteiger partial charge in [0.2, 0.25) is 0 Å². The van der Waals surface area contributed by atoms with Gasteiger partial charge in [0.05, 0.1) is 7.11 Å². The number of nitrogens with zero attached hydrogens (tertiary/aromatic N) is 1. The predicted octanol–water partition coefficient (Wildman–Crippen LogP) is 1.70. The Morgan fingerprint density at radius 3 is 2.41 bits per heavy atom. The number of benzene rings is 1. The van der Waals surface area contributed by atoms with Crippen LogP contribution in [-0.2, 0) is 10.3 Å². The van der Waals surface area contributed by atoms with Gasteiger partial charge in [0, 0.05) is 0 Å². The summed E-state index contributed by atoms with van der Waals surface area (Å²) in [4.78, 5) is 12.9. The van der Waals surface area contributed by atoms with Crippen LogP contribution in [0.5, 0.6) is 5.75 Å². The van der Waals surface area contributed by atoms with Crippen molar-refractivity contribution in [3.05, 3.63) is 29.6 Å². The minimum Gasteiger partial charge on any atom is -0.494 e. The number of methoxy groups -OCH3 is 1. The third-order valence-corrected chi connectivity index (χ3v) is 3.02. The highest BCUT2D eigenvalue weighted by Gasteiger charge is 2.38. The van der Waals surface area contributed by atoms with Crippen molar-refractivity contribution in [1.29, 1.82) is 0 Å². The molecule has 5 heteroatoms. The quantitative estimate of drug-likeness (QED) is 0.871. The average molecular weight is 241 g/mol. The van der Waals surface area contributed by atoms with Crippen LogP contribution in [0.2, 0.25) is 0 Å². The van der Waals surface area contributed by atoms with Gasteiger partial charge < -0.3 is 9.84 Å². The SMILES string of the molecule is COc1ccc(C(C)(C(=O)O)N(C)C)cc1F. The zero-order valence-electron chi connectivity index (χ0n) is 10.3. The number of ether oxygens (including phenoxy) is 1. The van der Waals surface area contributed by atoms with E-state index in [9.17, 15) is 14.3 Å². The van der Waals surface area contributed by atoms with E-state index in [1.807, 2.05) is 0 Å². The van der Waals surface area contributed by atoms with Crippen molar-refractivity contribution in [1.82, 2.24) is 4.90 Å². The molecule has 0 fully saturated rings. The van der Waals surface area contributed by atoms with Crippen LogP contribution in [0.1, 0.15) is 12.5 Å². The molecule has 1 N–H and O–H groups in total. The Hall–Kier alpha value is -1.62. The summed E-state index contributed by atoms with van der Waals surface area (Å²) in [5.74, 6) is -1.51. The van der Waals surface area contributed by atoms with E-state index in [4.69, 9.17) is 4.74 Å². The highest BCUT2D eigenvalue weighted by molar-refractivity contribution is 5.80. The molecule has 0 saturated heterocycles. The molecule has 1 atom stereocenters. The number of carboxylic acids is 1. The molecule has 0 radical (unpaired) electrons. The summed E-state index contributed by atoms with van der Waals surface area (Å²) in [6, 6.07) is 4.17. The number of halogens is 1. The van der Waals surface area contributed by atoms with Crippen molar-refractivity contribution in [2.45, 2.75) is 12.5 Å². The highest BCUT2D eigenvalue weighted by Crippen LogP contribution is 2.29. The third-order valence-electron chi connectivity index (χ3n) is 3.02. The molecule has 0 saturated carbocycles. The Morgan fingerprint density at radius 2 is 2.06 bits per heavy atom. The number of rotatable bonds is 4. The lowest BCUT2D eigenvalue weighted by atomic mass is 9.90. The van der Waals surface area contributed by atoms with Gasteiger partial charge in [0.25, 0.3) is 0 Å². The van der Waals surface area contributed by atoms with E-state index in [0.29, 0.717) is 5.56 Å². The van der Waals surface area contributed by atoms with Gasteiger partial charge in [-0.05, 0) is 38.7 Å². The Balaban J connectivity index is 3.31. The fourth-order valence-corrected chi connectivity index (χ4v) is 1.54. The minimum atomic E-state index is -1.27. The van der Waals surface area contributed by atoms with Gasteiger partial charge in [0.1, 0.15) is 5.54 Å². The van der Waals surface area contributed by atoms with Gasteiger partial charge in [-0.1, -0.05) is 6.07 Å². The molecule has 1 aromatic rings. The molecular weight excluding hydrogens is 225 g/mol. The lowest BCUT2D eigenvalue weighted by Gasteiger charge is -2.32. The van der Waals surface area contributed by atoms with Gasteiger partial charge in [-0.15, -0.1) is 0 Å². The number of aliphatic carboxylic acids is 1. The molecule has 1 unspecified atom stereocenters. The molecule has 0 heterocycles. The Morgan fingerprint density at radius 1 is 1.47 bits per heavy atom. The van der Waals surface area contributed by atoms with E-state index in [1.165, 1.54) is 31.1 Å². The number of carbonyl (C=O) groups is 1. The molecule has 0 spiro atoms. The minimum absolute atomic E-state index is 0.0974. The van der Waals surface area contributed by atoms with Gasteiger partial charge in [0.15, 0.2) is 11.6 Å². The summed E-state index contributed by atoms with van der Waals surface area (Å²) in [6.45, 7) is 1.52. The molecule has 0 bridgehead atoms. The summed E-state index contributed by atoms with van der Waals surface area (Å²) < 4.78 is 18.4. The van der Waals surface area contributed by atoms with Gasteiger partial charge in [-0.3, -0.25) is 4.90 Å². The van der Waals surface area contributed by atoms with Crippen LogP contribution in [0.4, 0.5) is 4.39 Å². The molecule has 17 heavy (non-hydrogen) atoms. The lowest BCUT2D eigenvalue weighted by molar-refractivity contribution is -0.149. The van der Waals surface area contributed by atoms with Crippen LogP contribution in [0, 0.1) is 5.82 Å². The molecule has 0 aromatic heterocycles. The topological polar surface area (TPSA) is 49.8 Å². The van der Waals surface area contributed by atoms with Gasteiger partial charge in [-0.25, -0.2) is 9.18 Å². The van der Waals surface area contributed by atoms with Crippen LogP contribution in [0.25, 0.3) is 0 Å². The fraction of sp³-hybridized carbons (Fsp3) is 0.417. The summed E-state index contributed by atoms with van der Waals surface area (Å²) in [5, 5.41) is 9.28. The maximum absolute atomic E-state index is 13.6. The zero-order valence-corrected chi connectivity index (χ0v) is 10.3. The summed E-state index contributed by atoms with van der Waals surface area (Å²) in [5.41, 5.74) is -0.902. The van der Waals surface area contributed by atoms with Crippen molar-refractivity contribution in [3.63, 3.8) is 0 Å². The van der Waals surface area contributed by atoms with Crippen LogP contribution >= 0.6 is 0 Å². The number of hydrogen-bond donors (Lipinski definition) is 1. The fourth-order valence-electron chi connectivity index (χ4n) is 1.54. The lowest BCUT2D eigenvalue weighted by Crippen LogP contribution is -2.45. The van der Waals surface area contributed by atoms with Crippen molar-refractivity contribution >= 4 is 5.97 Å². The van der Waals surface area contributed by atoms with Crippen molar-refractivity contribution < 1.29 is 19.0 Å². The summed E-state index contributed by atoms with van der Waals surface area (Å²) in [6.07, 6.45) is 0. The molecule has 0 amide bonds. The maximum Gasteiger partial charge on any atom is 0.328 e. The Labute approximate surface area is 99.6 Å². The highest BCUT2D eigenvalue weighted by atomic mass is 19.1.